The number of fused-ring (bicyclic) bond motifs is 3. The average molecular weight is 340 g/mol. The number of nitrogens with zero attached hydrogens (tertiary/aromatic N) is 2. The van der Waals surface area contributed by atoms with Crippen LogP contribution in [0.3, 0.4) is 0 Å². The van der Waals surface area contributed by atoms with Crippen molar-refractivity contribution in [2.75, 3.05) is 9.80 Å². The molecule has 1 atom stereocenters. The van der Waals surface area contributed by atoms with Gasteiger partial charge in [0.1, 0.15) is 11.7 Å². The molecule has 0 N–H and O–H groups in total. The molecular weight excluding hydrogens is 320 g/mol. The summed E-state index contributed by atoms with van der Waals surface area (Å²) in [5, 5.41) is 2.33. The topological polar surface area (TPSA) is 19.6 Å². The number of rotatable bonds is 2. The van der Waals surface area contributed by atoms with Gasteiger partial charge in [0, 0.05) is 28.9 Å². The van der Waals surface area contributed by atoms with Gasteiger partial charge in [-0.15, -0.1) is 0 Å². The molecule has 0 aliphatic carbocycles. The number of hydrogen-bond acceptors (Lipinski definition) is 3. The molecule has 0 saturated heterocycles. The minimum absolute atomic E-state index is 0.176. The van der Waals surface area contributed by atoms with E-state index in [0.717, 1.165) is 16.9 Å². The van der Waals surface area contributed by atoms with E-state index in [1.165, 1.54) is 22.0 Å². The monoisotopic (exact) mass is 340 g/mol. The van der Waals surface area contributed by atoms with Crippen LogP contribution in [0.4, 0.5) is 11.4 Å². The Morgan fingerprint density at radius 2 is 1.50 bits per heavy atom. The first-order chi connectivity index (χ1) is 12.7. The van der Waals surface area contributed by atoms with Crippen molar-refractivity contribution in [2.24, 2.45) is 0 Å². The summed E-state index contributed by atoms with van der Waals surface area (Å²) < 4.78 is 6.27. The Bertz CT molecular complexity index is 1130. The van der Waals surface area contributed by atoms with E-state index in [1.807, 2.05) is 18.2 Å². The summed E-state index contributed by atoms with van der Waals surface area (Å²) in [6.45, 7) is 4.36. The van der Waals surface area contributed by atoms with Gasteiger partial charge in [-0.05, 0) is 37.6 Å². The fraction of sp³-hybridized carbons (Fsp3) is 0.130. The second-order valence-electron chi connectivity index (χ2n) is 6.79. The Morgan fingerprint density at radius 3 is 2.35 bits per heavy atom. The summed E-state index contributed by atoms with van der Waals surface area (Å²) in [5.41, 5.74) is 5.43. The fourth-order valence-corrected chi connectivity index (χ4v) is 3.88. The fourth-order valence-electron chi connectivity index (χ4n) is 3.88. The van der Waals surface area contributed by atoms with Crippen LogP contribution in [-0.4, -0.2) is 6.17 Å². The van der Waals surface area contributed by atoms with Gasteiger partial charge in [0.2, 0.25) is 0 Å². The SMILES string of the molecule is Cc1ccc2c(oc3ccccc32)c1N1C=CN(c2ccccc2)[C@H]1C. The highest BCUT2D eigenvalue weighted by molar-refractivity contribution is 6.09. The van der Waals surface area contributed by atoms with Crippen LogP contribution in [0.1, 0.15) is 12.5 Å². The summed E-state index contributed by atoms with van der Waals surface area (Å²) in [6.07, 6.45) is 4.46. The zero-order valence-corrected chi connectivity index (χ0v) is 14.9. The number of furan rings is 1. The molecule has 0 amide bonds. The van der Waals surface area contributed by atoms with Crippen LogP contribution in [0.15, 0.2) is 83.5 Å². The molecule has 1 aromatic heterocycles. The number of aryl methyl sites for hydroxylation is 1. The summed E-state index contributed by atoms with van der Waals surface area (Å²) in [7, 11) is 0. The third-order valence-electron chi connectivity index (χ3n) is 5.23. The Morgan fingerprint density at radius 1 is 0.769 bits per heavy atom. The van der Waals surface area contributed by atoms with Crippen molar-refractivity contribution in [3.05, 3.63) is 84.7 Å². The van der Waals surface area contributed by atoms with Gasteiger partial charge in [-0.1, -0.05) is 48.5 Å². The largest absolute Gasteiger partial charge is 0.454 e. The lowest BCUT2D eigenvalue weighted by molar-refractivity contribution is 0.662. The second kappa shape index (κ2) is 5.67. The summed E-state index contributed by atoms with van der Waals surface area (Å²) in [6, 6.07) is 23.1. The van der Waals surface area contributed by atoms with Crippen LogP contribution in [0, 0.1) is 6.92 Å². The van der Waals surface area contributed by atoms with Crippen LogP contribution in [0.25, 0.3) is 21.9 Å². The Hall–Kier alpha value is -3.20. The maximum atomic E-state index is 6.27. The molecule has 0 bridgehead atoms. The molecule has 0 fully saturated rings. The van der Waals surface area contributed by atoms with Crippen LogP contribution in [0.2, 0.25) is 0 Å². The van der Waals surface area contributed by atoms with Crippen molar-refractivity contribution in [1.29, 1.82) is 0 Å². The molecule has 3 nitrogen and oxygen atoms in total. The predicted molar refractivity (Wildman–Crippen MR) is 108 cm³/mol. The lowest BCUT2D eigenvalue weighted by Gasteiger charge is -2.30. The summed E-state index contributed by atoms with van der Waals surface area (Å²) in [4.78, 5) is 4.58. The lowest BCUT2D eigenvalue weighted by Crippen LogP contribution is -2.36. The molecular formula is C23H20N2O. The van der Waals surface area contributed by atoms with Gasteiger partial charge >= 0.3 is 0 Å². The molecule has 0 unspecified atom stereocenters. The van der Waals surface area contributed by atoms with Crippen LogP contribution < -0.4 is 9.80 Å². The van der Waals surface area contributed by atoms with Gasteiger partial charge in [0.05, 0.1) is 5.69 Å². The van der Waals surface area contributed by atoms with Crippen molar-refractivity contribution in [2.45, 2.75) is 20.0 Å². The molecule has 0 radical (unpaired) electrons. The standard InChI is InChI=1S/C23H20N2O/c1-16-12-13-20-19-10-6-7-11-21(19)26-23(20)22(16)25-15-14-24(17(25)2)18-8-4-3-5-9-18/h3-15,17H,1-2H3/t17-/m1/s1. The predicted octanol–water partition coefficient (Wildman–Crippen LogP) is 6.04. The van der Waals surface area contributed by atoms with E-state index in [2.05, 4.69) is 84.6 Å². The number of para-hydroxylation sites is 2. The third kappa shape index (κ3) is 2.14. The minimum atomic E-state index is 0.176. The quantitative estimate of drug-likeness (QED) is 0.443. The van der Waals surface area contributed by atoms with Gasteiger partial charge < -0.3 is 14.2 Å². The highest BCUT2D eigenvalue weighted by atomic mass is 16.3. The number of benzene rings is 3. The smallest absolute Gasteiger partial charge is 0.159 e. The van der Waals surface area contributed by atoms with E-state index in [0.29, 0.717) is 0 Å². The number of hydrogen-bond donors (Lipinski definition) is 0. The Labute approximate surface area is 152 Å². The van der Waals surface area contributed by atoms with E-state index in [-0.39, 0.29) is 6.17 Å². The van der Waals surface area contributed by atoms with Crippen LogP contribution >= 0.6 is 0 Å². The second-order valence-corrected chi connectivity index (χ2v) is 6.79. The molecule has 128 valence electrons. The Kier molecular flexibility index (Phi) is 3.29. The first-order valence-corrected chi connectivity index (χ1v) is 8.95. The van der Waals surface area contributed by atoms with Gasteiger partial charge in [0.15, 0.2) is 5.58 Å². The van der Waals surface area contributed by atoms with Crippen LogP contribution in [0.5, 0.6) is 0 Å². The summed E-state index contributed by atoms with van der Waals surface area (Å²) >= 11 is 0. The molecule has 1 aliphatic heterocycles. The minimum Gasteiger partial charge on any atom is -0.454 e. The number of anilines is 2. The molecule has 26 heavy (non-hydrogen) atoms. The lowest BCUT2D eigenvalue weighted by atomic mass is 10.1. The first-order valence-electron chi connectivity index (χ1n) is 8.95. The highest BCUT2D eigenvalue weighted by Gasteiger charge is 2.28. The van der Waals surface area contributed by atoms with Crippen molar-refractivity contribution >= 4 is 33.3 Å². The molecule has 0 spiro atoms. The zero-order chi connectivity index (χ0) is 17.7. The van der Waals surface area contributed by atoms with Gasteiger partial charge in [0.25, 0.3) is 0 Å². The van der Waals surface area contributed by atoms with Crippen molar-refractivity contribution in [1.82, 2.24) is 0 Å². The first kappa shape index (κ1) is 15.1. The normalized spacial score (nSPS) is 16.9. The van der Waals surface area contributed by atoms with E-state index in [4.69, 9.17) is 4.42 Å². The molecule has 5 rings (SSSR count). The molecule has 4 aromatic rings. The molecule has 0 saturated carbocycles. The van der Waals surface area contributed by atoms with Gasteiger partial charge in [-0.2, -0.15) is 0 Å². The maximum Gasteiger partial charge on any atom is 0.159 e. The van der Waals surface area contributed by atoms with E-state index in [9.17, 15) is 0 Å². The van der Waals surface area contributed by atoms with Crippen molar-refractivity contribution in [3.8, 4) is 0 Å². The van der Waals surface area contributed by atoms with Crippen LogP contribution in [-0.2, 0) is 0 Å². The van der Waals surface area contributed by atoms with Gasteiger partial charge in [-0.25, -0.2) is 0 Å². The van der Waals surface area contributed by atoms with E-state index >= 15 is 0 Å². The third-order valence-corrected chi connectivity index (χ3v) is 5.23. The van der Waals surface area contributed by atoms with Crippen molar-refractivity contribution in [3.63, 3.8) is 0 Å². The highest BCUT2D eigenvalue weighted by Crippen LogP contribution is 2.40. The summed E-state index contributed by atoms with van der Waals surface area (Å²) in [5.74, 6) is 0. The maximum absolute atomic E-state index is 6.27. The molecule has 3 heteroatoms. The van der Waals surface area contributed by atoms with E-state index < -0.39 is 0 Å². The van der Waals surface area contributed by atoms with Crippen molar-refractivity contribution < 1.29 is 4.42 Å². The average Bonchev–Trinajstić information content (AvgIpc) is 3.23. The molecule has 2 heterocycles. The van der Waals surface area contributed by atoms with E-state index in [1.54, 1.807) is 0 Å². The van der Waals surface area contributed by atoms with Gasteiger partial charge in [-0.3, -0.25) is 0 Å². The molecule has 3 aromatic carbocycles. The zero-order valence-electron chi connectivity index (χ0n) is 14.9. The molecule has 1 aliphatic rings. The Balaban J connectivity index is 1.65.